The van der Waals surface area contributed by atoms with Crippen LogP contribution in [-0.2, 0) is 17.8 Å². The quantitative estimate of drug-likeness (QED) is 0.925. The fourth-order valence-corrected chi connectivity index (χ4v) is 2.77. The molecule has 1 aliphatic heterocycles. The van der Waals surface area contributed by atoms with Crippen molar-refractivity contribution in [2.45, 2.75) is 19.4 Å². The van der Waals surface area contributed by atoms with Gasteiger partial charge in [0.05, 0.1) is 0 Å². The molecule has 1 aromatic rings. The number of nitrogens with zero attached hydrogens (tertiary/aromatic N) is 1. The molecule has 17 heavy (non-hydrogen) atoms. The zero-order chi connectivity index (χ0) is 12.3. The molecule has 92 valence electrons. The number of nitrogens with one attached hydrogen (secondary N) is 1. The Morgan fingerprint density at radius 3 is 3.12 bits per heavy atom. The van der Waals surface area contributed by atoms with E-state index < -0.39 is 0 Å². The Balaban J connectivity index is 2.06. The molecule has 1 amide bonds. The van der Waals surface area contributed by atoms with Crippen LogP contribution in [0.3, 0.4) is 0 Å². The van der Waals surface area contributed by atoms with Crippen molar-refractivity contribution in [3.8, 4) is 0 Å². The minimum atomic E-state index is 0.241. The van der Waals surface area contributed by atoms with Gasteiger partial charge in [0.1, 0.15) is 0 Å². The minimum absolute atomic E-state index is 0.241. The number of amides is 1. The SMILES string of the molecule is CNCCC(=O)N1CCc2c(Br)cccc2C1. The Morgan fingerprint density at radius 1 is 1.53 bits per heavy atom. The second-order valence-corrected chi connectivity index (χ2v) is 5.15. The molecule has 1 N–H and O–H groups in total. The Kier molecular flexibility index (Phi) is 4.18. The van der Waals surface area contributed by atoms with Crippen molar-refractivity contribution in [2.75, 3.05) is 20.1 Å². The molecule has 0 unspecified atom stereocenters. The van der Waals surface area contributed by atoms with E-state index in [-0.39, 0.29) is 5.91 Å². The second-order valence-electron chi connectivity index (χ2n) is 4.30. The van der Waals surface area contributed by atoms with E-state index in [1.165, 1.54) is 11.1 Å². The lowest BCUT2D eigenvalue weighted by Gasteiger charge is -2.29. The van der Waals surface area contributed by atoms with Crippen molar-refractivity contribution in [1.29, 1.82) is 0 Å². The van der Waals surface area contributed by atoms with E-state index in [4.69, 9.17) is 0 Å². The summed E-state index contributed by atoms with van der Waals surface area (Å²) in [5.74, 6) is 0.241. The first-order valence-corrected chi connectivity index (χ1v) is 6.70. The van der Waals surface area contributed by atoms with Crippen LogP contribution < -0.4 is 5.32 Å². The zero-order valence-electron chi connectivity index (χ0n) is 10.0. The van der Waals surface area contributed by atoms with Gasteiger partial charge in [-0.2, -0.15) is 0 Å². The van der Waals surface area contributed by atoms with Crippen LogP contribution in [0.1, 0.15) is 17.5 Å². The predicted molar refractivity (Wildman–Crippen MR) is 71.8 cm³/mol. The van der Waals surface area contributed by atoms with Crippen LogP contribution >= 0.6 is 15.9 Å². The van der Waals surface area contributed by atoms with E-state index in [2.05, 4.69) is 33.4 Å². The molecule has 0 aromatic heterocycles. The molecule has 0 atom stereocenters. The van der Waals surface area contributed by atoms with Crippen LogP contribution in [-0.4, -0.2) is 30.9 Å². The molecule has 3 nitrogen and oxygen atoms in total. The molecule has 1 aromatic carbocycles. The summed E-state index contributed by atoms with van der Waals surface area (Å²) in [6.45, 7) is 2.33. The van der Waals surface area contributed by atoms with E-state index in [1.54, 1.807) is 0 Å². The molecule has 0 aliphatic carbocycles. The fourth-order valence-electron chi connectivity index (χ4n) is 2.17. The maximum Gasteiger partial charge on any atom is 0.224 e. The first kappa shape index (κ1) is 12.6. The van der Waals surface area contributed by atoms with Crippen molar-refractivity contribution in [1.82, 2.24) is 10.2 Å². The number of rotatable bonds is 3. The topological polar surface area (TPSA) is 32.3 Å². The van der Waals surface area contributed by atoms with Crippen molar-refractivity contribution in [2.24, 2.45) is 0 Å². The average Bonchev–Trinajstić information content (AvgIpc) is 2.36. The first-order chi connectivity index (χ1) is 8.22. The summed E-state index contributed by atoms with van der Waals surface area (Å²) < 4.78 is 1.16. The van der Waals surface area contributed by atoms with Gasteiger partial charge in [-0.3, -0.25) is 4.79 Å². The van der Waals surface area contributed by atoms with Crippen LogP contribution in [0.4, 0.5) is 0 Å². The molecule has 1 heterocycles. The highest BCUT2D eigenvalue weighted by Gasteiger charge is 2.21. The Bertz CT molecular complexity index is 420. The highest BCUT2D eigenvalue weighted by molar-refractivity contribution is 9.10. The monoisotopic (exact) mass is 296 g/mol. The number of carbonyl (C=O) groups excluding carboxylic acids is 1. The molecule has 2 rings (SSSR count). The van der Waals surface area contributed by atoms with Gasteiger partial charge in [0.25, 0.3) is 0 Å². The summed E-state index contributed by atoms with van der Waals surface area (Å²) in [6.07, 6.45) is 1.53. The van der Waals surface area contributed by atoms with Crippen molar-refractivity contribution in [3.05, 3.63) is 33.8 Å². The Labute approximate surface area is 110 Å². The Hall–Kier alpha value is -0.870. The molecule has 0 spiro atoms. The van der Waals surface area contributed by atoms with E-state index >= 15 is 0 Å². The van der Waals surface area contributed by atoms with Gasteiger partial charge < -0.3 is 10.2 Å². The third kappa shape index (κ3) is 2.87. The molecule has 0 fully saturated rings. The summed E-state index contributed by atoms with van der Waals surface area (Å²) >= 11 is 3.57. The molecular weight excluding hydrogens is 280 g/mol. The number of carbonyl (C=O) groups is 1. The third-order valence-electron chi connectivity index (χ3n) is 3.15. The highest BCUT2D eigenvalue weighted by atomic mass is 79.9. The summed E-state index contributed by atoms with van der Waals surface area (Å²) in [6, 6.07) is 6.21. The van der Waals surface area contributed by atoms with E-state index in [0.717, 1.165) is 30.5 Å². The van der Waals surface area contributed by atoms with E-state index in [1.807, 2.05) is 18.0 Å². The van der Waals surface area contributed by atoms with Crippen molar-refractivity contribution < 1.29 is 4.79 Å². The molecular formula is C13H17BrN2O. The highest BCUT2D eigenvalue weighted by Crippen LogP contribution is 2.26. The molecule has 0 bridgehead atoms. The van der Waals surface area contributed by atoms with Gasteiger partial charge in [-0.1, -0.05) is 28.1 Å². The van der Waals surface area contributed by atoms with Crippen LogP contribution in [0.25, 0.3) is 0 Å². The maximum atomic E-state index is 11.9. The molecule has 1 aliphatic rings. The Morgan fingerprint density at radius 2 is 2.35 bits per heavy atom. The largest absolute Gasteiger partial charge is 0.338 e. The first-order valence-electron chi connectivity index (χ1n) is 5.91. The molecule has 0 radical (unpaired) electrons. The summed E-state index contributed by atoms with van der Waals surface area (Å²) in [4.78, 5) is 13.9. The van der Waals surface area contributed by atoms with E-state index in [0.29, 0.717) is 6.42 Å². The zero-order valence-corrected chi connectivity index (χ0v) is 11.6. The lowest BCUT2D eigenvalue weighted by atomic mass is 10.00. The lowest BCUT2D eigenvalue weighted by molar-refractivity contribution is -0.132. The van der Waals surface area contributed by atoms with Gasteiger partial charge in [-0.25, -0.2) is 0 Å². The maximum absolute atomic E-state index is 11.9. The van der Waals surface area contributed by atoms with E-state index in [9.17, 15) is 4.79 Å². The predicted octanol–water partition coefficient (Wildman–Crippen LogP) is 1.94. The lowest BCUT2D eigenvalue weighted by Crippen LogP contribution is -2.37. The van der Waals surface area contributed by atoms with Crippen LogP contribution in [0.5, 0.6) is 0 Å². The summed E-state index contributed by atoms with van der Waals surface area (Å²) in [5.41, 5.74) is 2.62. The van der Waals surface area contributed by atoms with Gasteiger partial charge in [0.2, 0.25) is 5.91 Å². The van der Waals surface area contributed by atoms with Crippen LogP contribution in [0, 0.1) is 0 Å². The van der Waals surface area contributed by atoms with Crippen molar-refractivity contribution >= 4 is 21.8 Å². The van der Waals surface area contributed by atoms with Gasteiger partial charge in [-0.05, 0) is 30.7 Å². The number of benzene rings is 1. The number of hydrogen-bond acceptors (Lipinski definition) is 2. The van der Waals surface area contributed by atoms with Crippen molar-refractivity contribution in [3.63, 3.8) is 0 Å². The number of hydrogen-bond donors (Lipinski definition) is 1. The number of halogens is 1. The summed E-state index contributed by atoms with van der Waals surface area (Å²) in [5, 5.41) is 3.01. The van der Waals surface area contributed by atoms with Crippen LogP contribution in [0.15, 0.2) is 22.7 Å². The normalized spacial score (nSPS) is 14.6. The minimum Gasteiger partial charge on any atom is -0.338 e. The second kappa shape index (κ2) is 5.65. The van der Waals surface area contributed by atoms with Gasteiger partial charge in [0, 0.05) is 30.5 Å². The molecule has 0 saturated carbocycles. The summed E-state index contributed by atoms with van der Waals surface area (Å²) in [7, 11) is 1.87. The average molecular weight is 297 g/mol. The molecule has 0 saturated heterocycles. The van der Waals surface area contributed by atoms with Gasteiger partial charge in [-0.15, -0.1) is 0 Å². The van der Waals surface area contributed by atoms with Gasteiger partial charge >= 0.3 is 0 Å². The fraction of sp³-hybridized carbons (Fsp3) is 0.462. The van der Waals surface area contributed by atoms with Gasteiger partial charge in [0.15, 0.2) is 0 Å². The number of fused-ring (bicyclic) bond motifs is 1. The van der Waals surface area contributed by atoms with Crippen LogP contribution in [0.2, 0.25) is 0 Å². The molecule has 4 heteroatoms. The standard InChI is InChI=1S/C13H17BrN2O/c1-15-7-5-13(17)16-8-6-11-10(9-16)3-2-4-12(11)14/h2-4,15H,5-9H2,1H3. The smallest absolute Gasteiger partial charge is 0.224 e. The third-order valence-corrected chi connectivity index (χ3v) is 3.89.